The maximum atomic E-state index is 12.6. The highest BCUT2D eigenvalue weighted by molar-refractivity contribution is 7.98. The van der Waals surface area contributed by atoms with Crippen LogP contribution < -0.4 is 5.32 Å². The molecule has 3 nitrogen and oxygen atoms in total. The second-order valence-corrected chi connectivity index (χ2v) is 6.38. The molecule has 1 atom stereocenters. The Balaban J connectivity index is 2.05. The number of hydrogen-bond acceptors (Lipinski definition) is 4. The van der Waals surface area contributed by atoms with Crippen molar-refractivity contribution in [3.8, 4) is 0 Å². The lowest BCUT2D eigenvalue weighted by atomic mass is 9.83. The van der Waals surface area contributed by atoms with Crippen LogP contribution in [-0.4, -0.2) is 23.2 Å². The van der Waals surface area contributed by atoms with E-state index in [4.69, 9.17) is 0 Å². The maximum Gasteiger partial charge on any atom is 0.0985 e. The van der Waals surface area contributed by atoms with Gasteiger partial charge in [0.25, 0.3) is 0 Å². The van der Waals surface area contributed by atoms with Gasteiger partial charge in [0, 0.05) is 42.4 Å². The average Bonchev–Trinajstić information content (AvgIpc) is 2.95. The van der Waals surface area contributed by atoms with Crippen LogP contribution in [0, 0.1) is 0 Å². The summed E-state index contributed by atoms with van der Waals surface area (Å²) >= 11 is 0.243. The molecule has 0 saturated carbocycles. The zero-order valence-electron chi connectivity index (χ0n) is 13.3. The lowest BCUT2D eigenvalue weighted by Crippen LogP contribution is -2.51. The number of aliphatic imine (C=N–C) groups is 1. The van der Waals surface area contributed by atoms with Crippen LogP contribution in [-0.2, 0) is 0 Å². The molecule has 0 radical (unpaired) electrons. The Bertz CT molecular complexity index is 595. The molecule has 0 aromatic heterocycles. The van der Waals surface area contributed by atoms with Crippen molar-refractivity contribution in [2.45, 2.75) is 32.2 Å². The van der Waals surface area contributed by atoms with Gasteiger partial charge in [0.15, 0.2) is 0 Å². The molecule has 1 saturated heterocycles. The summed E-state index contributed by atoms with van der Waals surface area (Å²) in [5.74, 6) is 0.841. The SMILES string of the molecule is C=C1C[C@@](C)(C2=CN=C(/C=C\C(=C/C)SF)C2)NC(=C)N1C. The molecule has 118 valence electrons. The summed E-state index contributed by atoms with van der Waals surface area (Å²) in [5.41, 5.74) is 2.93. The third-order valence-electron chi connectivity index (χ3n) is 4.14. The van der Waals surface area contributed by atoms with Gasteiger partial charge in [0.2, 0.25) is 0 Å². The van der Waals surface area contributed by atoms with E-state index in [1.54, 1.807) is 12.2 Å². The van der Waals surface area contributed by atoms with Crippen molar-refractivity contribution in [3.63, 3.8) is 0 Å². The van der Waals surface area contributed by atoms with Crippen molar-refractivity contribution in [2.75, 3.05) is 7.05 Å². The average molecular weight is 319 g/mol. The van der Waals surface area contributed by atoms with Crippen LogP contribution in [0.25, 0.3) is 0 Å². The predicted octanol–water partition coefficient (Wildman–Crippen LogP) is 4.46. The second kappa shape index (κ2) is 6.57. The van der Waals surface area contributed by atoms with E-state index in [0.29, 0.717) is 4.91 Å². The summed E-state index contributed by atoms with van der Waals surface area (Å²) in [6, 6.07) is 0. The largest absolute Gasteiger partial charge is 0.363 e. The molecule has 0 unspecified atom stereocenters. The second-order valence-electron chi connectivity index (χ2n) is 5.76. The van der Waals surface area contributed by atoms with Crippen molar-refractivity contribution in [1.82, 2.24) is 10.2 Å². The number of hydrogen-bond donors (Lipinski definition) is 1. The van der Waals surface area contributed by atoms with Crippen LogP contribution in [0.3, 0.4) is 0 Å². The quantitative estimate of drug-likeness (QED) is 0.775. The number of allylic oxidation sites excluding steroid dienone is 3. The van der Waals surface area contributed by atoms with E-state index in [9.17, 15) is 3.89 Å². The van der Waals surface area contributed by atoms with Crippen LogP contribution in [0.2, 0.25) is 0 Å². The van der Waals surface area contributed by atoms with Crippen LogP contribution >= 0.6 is 12.1 Å². The summed E-state index contributed by atoms with van der Waals surface area (Å²) in [6.45, 7) is 12.1. The molecule has 2 aliphatic heterocycles. The highest BCUT2D eigenvalue weighted by Crippen LogP contribution is 2.35. The first-order valence-electron chi connectivity index (χ1n) is 7.17. The van der Waals surface area contributed by atoms with E-state index in [0.717, 1.165) is 30.1 Å². The molecule has 0 spiro atoms. The van der Waals surface area contributed by atoms with Crippen LogP contribution in [0.15, 0.2) is 64.6 Å². The molecule has 5 heteroatoms. The Hall–Kier alpha value is -1.75. The first-order valence-corrected chi connectivity index (χ1v) is 7.89. The van der Waals surface area contributed by atoms with Gasteiger partial charge < -0.3 is 10.2 Å². The third kappa shape index (κ3) is 3.35. The Labute approximate surface area is 136 Å². The fourth-order valence-electron chi connectivity index (χ4n) is 2.59. The Morgan fingerprint density at radius 2 is 2.27 bits per heavy atom. The topological polar surface area (TPSA) is 27.6 Å². The van der Waals surface area contributed by atoms with Gasteiger partial charge in [-0.3, -0.25) is 4.99 Å². The highest BCUT2D eigenvalue weighted by atomic mass is 32.2. The molecule has 2 aliphatic rings. The molecular formula is C17H22FN3S. The molecule has 0 aromatic rings. The van der Waals surface area contributed by atoms with Crippen LogP contribution in [0.1, 0.15) is 26.7 Å². The molecule has 0 aliphatic carbocycles. The van der Waals surface area contributed by atoms with E-state index >= 15 is 0 Å². The lowest BCUT2D eigenvalue weighted by molar-refractivity contribution is 0.297. The van der Waals surface area contributed by atoms with Crippen molar-refractivity contribution < 1.29 is 3.89 Å². The van der Waals surface area contributed by atoms with E-state index in [1.165, 1.54) is 5.57 Å². The molecule has 22 heavy (non-hydrogen) atoms. The molecule has 0 bridgehead atoms. The summed E-state index contributed by atoms with van der Waals surface area (Å²) in [5, 5.41) is 3.45. The number of nitrogens with zero attached hydrogens (tertiary/aromatic N) is 2. The zero-order chi connectivity index (χ0) is 16.3. The third-order valence-corrected chi connectivity index (χ3v) is 4.69. The molecule has 1 N–H and O–H groups in total. The summed E-state index contributed by atoms with van der Waals surface area (Å²) in [4.78, 5) is 7.00. The minimum absolute atomic E-state index is 0.224. The van der Waals surface area contributed by atoms with Gasteiger partial charge >= 0.3 is 0 Å². The fraction of sp³-hybridized carbons (Fsp3) is 0.353. The molecule has 2 heterocycles. The monoisotopic (exact) mass is 319 g/mol. The van der Waals surface area contributed by atoms with Gasteiger partial charge in [0.05, 0.1) is 23.5 Å². The predicted molar refractivity (Wildman–Crippen MR) is 93.9 cm³/mol. The van der Waals surface area contributed by atoms with Gasteiger partial charge in [-0.2, -0.15) is 3.89 Å². The van der Waals surface area contributed by atoms with Gasteiger partial charge in [-0.25, -0.2) is 0 Å². The molecule has 1 fully saturated rings. The zero-order valence-corrected chi connectivity index (χ0v) is 14.1. The maximum absolute atomic E-state index is 12.6. The van der Waals surface area contributed by atoms with Gasteiger partial charge in [-0.05, 0) is 31.6 Å². The van der Waals surface area contributed by atoms with E-state index in [1.807, 2.05) is 31.1 Å². The molecule has 0 aromatic carbocycles. The Morgan fingerprint density at radius 1 is 1.55 bits per heavy atom. The summed E-state index contributed by atoms with van der Waals surface area (Å²) in [6.07, 6.45) is 8.81. The standard InChI is InChI=1S/C17H22FN3S/c1-6-16(22-18)8-7-15-9-14(11-19-15)17(4)10-12(2)21(5)13(3)20-17/h6-8,11,20H,2-3,9-10H2,1,4-5H3/b8-7-,16-6+/t17-/m0/s1. The molecular weight excluding hydrogens is 297 g/mol. The number of rotatable bonds is 4. The lowest BCUT2D eigenvalue weighted by Gasteiger charge is -2.44. The number of nitrogens with one attached hydrogen (secondary N) is 1. The van der Waals surface area contributed by atoms with Crippen molar-refractivity contribution >= 4 is 17.9 Å². The fourth-order valence-corrected chi connectivity index (χ4v) is 2.80. The van der Waals surface area contributed by atoms with Crippen molar-refractivity contribution in [1.29, 1.82) is 0 Å². The smallest absolute Gasteiger partial charge is 0.0985 e. The first-order chi connectivity index (χ1) is 10.4. The normalized spacial score (nSPS) is 26.4. The highest BCUT2D eigenvalue weighted by Gasteiger charge is 2.36. The van der Waals surface area contributed by atoms with Gasteiger partial charge in [-0.15, -0.1) is 0 Å². The van der Waals surface area contributed by atoms with Crippen LogP contribution in [0.4, 0.5) is 3.89 Å². The Kier molecular flexibility index (Phi) is 4.96. The first kappa shape index (κ1) is 16.6. The minimum atomic E-state index is -0.224. The Morgan fingerprint density at radius 3 is 2.86 bits per heavy atom. The minimum Gasteiger partial charge on any atom is -0.363 e. The van der Waals surface area contributed by atoms with Gasteiger partial charge in [-0.1, -0.05) is 19.2 Å². The molecule has 0 amide bonds. The van der Waals surface area contributed by atoms with E-state index < -0.39 is 0 Å². The van der Waals surface area contributed by atoms with Crippen molar-refractivity contribution in [2.24, 2.45) is 4.99 Å². The molecule has 2 rings (SSSR count). The summed E-state index contributed by atoms with van der Waals surface area (Å²) < 4.78 is 12.6. The number of halogens is 1. The van der Waals surface area contributed by atoms with Crippen molar-refractivity contribution in [3.05, 3.63) is 59.6 Å². The van der Waals surface area contributed by atoms with E-state index in [2.05, 4.69) is 30.4 Å². The van der Waals surface area contributed by atoms with E-state index in [-0.39, 0.29) is 17.7 Å². The van der Waals surface area contributed by atoms with Gasteiger partial charge in [0.1, 0.15) is 0 Å². The van der Waals surface area contributed by atoms with Crippen LogP contribution in [0.5, 0.6) is 0 Å². The summed E-state index contributed by atoms with van der Waals surface area (Å²) in [7, 11) is 1.96.